The first-order chi connectivity index (χ1) is 21.9. The molecule has 0 aliphatic carbocycles. The molecule has 4 rings (SSSR count). The summed E-state index contributed by atoms with van der Waals surface area (Å²) < 4.78 is 19.6. The van der Waals surface area contributed by atoms with Crippen molar-refractivity contribution < 1.29 is 43.3 Å². The number of halogens is 1. The van der Waals surface area contributed by atoms with Gasteiger partial charge in [0.1, 0.15) is 23.7 Å². The molecule has 0 aliphatic heterocycles. The first-order valence-corrected chi connectivity index (χ1v) is 13.9. The molecule has 6 N–H and O–H groups in total. The van der Waals surface area contributed by atoms with Crippen molar-refractivity contribution in [3.63, 3.8) is 0 Å². The number of aryl methyl sites for hydroxylation is 1. The molecule has 1 aromatic heterocycles. The maximum atomic E-state index is 15.1. The molecule has 1 heterocycles. The Balaban J connectivity index is 1.48. The number of fused-ring (bicyclic) bond motifs is 3. The second-order valence-electron chi connectivity index (χ2n) is 10.4. The topological polar surface area (TPSA) is 217 Å². The largest absolute Gasteiger partial charge is 0.481 e. The summed E-state index contributed by atoms with van der Waals surface area (Å²) in [6.45, 7) is 1.94. The van der Waals surface area contributed by atoms with Gasteiger partial charge in [-0.15, -0.1) is 0 Å². The van der Waals surface area contributed by atoms with Gasteiger partial charge in [-0.1, -0.05) is 18.2 Å². The summed E-state index contributed by atoms with van der Waals surface area (Å²) in [6.07, 6.45) is -1.63. The number of rotatable bonds is 13. The number of hydrogen-bond donors (Lipinski definition) is 6. The van der Waals surface area contributed by atoms with Gasteiger partial charge in [0.2, 0.25) is 5.91 Å². The molecule has 0 saturated carbocycles. The van der Waals surface area contributed by atoms with E-state index in [1.807, 2.05) is 29.6 Å². The van der Waals surface area contributed by atoms with Gasteiger partial charge in [0.05, 0.1) is 30.0 Å². The third-order valence-electron chi connectivity index (χ3n) is 7.06. The van der Waals surface area contributed by atoms with Gasteiger partial charge >= 0.3 is 17.9 Å². The van der Waals surface area contributed by atoms with Crippen LogP contribution in [-0.4, -0.2) is 69.1 Å². The number of hydrogen-bond acceptors (Lipinski definition) is 9. The second kappa shape index (κ2) is 14.3. The maximum Gasteiger partial charge on any atom is 0.326 e. The fourth-order valence-corrected chi connectivity index (χ4v) is 4.76. The Hall–Kier alpha value is -5.86. The molecule has 2 amide bonds. The number of carbonyl (C=O) groups excluding carboxylic acids is 3. The van der Waals surface area contributed by atoms with Gasteiger partial charge in [0.15, 0.2) is 0 Å². The lowest BCUT2D eigenvalue weighted by atomic mass is 10.0. The monoisotopic (exact) mass is 635 g/mol. The van der Waals surface area contributed by atoms with Crippen molar-refractivity contribution in [3.05, 3.63) is 81.7 Å². The van der Waals surface area contributed by atoms with Crippen LogP contribution in [-0.2, 0) is 30.5 Å². The summed E-state index contributed by atoms with van der Waals surface area (Å²) in [7, 11) is 1.11. The number of benzene rings is 3. The van der Waals surface area contributed by atoms with E-state index >= 15 is 4.39 Å². The summed E-state index contributed by atoms with van der Waals surface area (Å²) in [4.78, 5) is 79.5. The number of methoxy groups -OCH3 is 1. The number of ether oxygens (including phenoxy) is 1. The number of amides is 2. The highest BCUT2D eigenvalue weighted by molar-refractivity contribution is 6.06. The molecule has 0 bridgehead atoms. The number of carbonyl (C=O) groups is 5. The SMILES string of the molecule is COC(=O)CC[C@H](NC(=O)c1ccc(NCc2ccc3ccc4nc(C)[nH]c(=O)c4c3c2)cc1F)C(=O)N[C@@H](CC(=O)O)C(=O)O. The van der Waals surface area contributed by atoms with E-state index in [0.717, 1.165) is 24.1 Å². The number of H-pyrrole nitrogens is 1. The quantitative estimate of drug-likeness (QED) is 0.0925. The molecule has 0 aliphatic rings. The molecule has 14 nitrogen and oxygen atoms in total. The summed E-state index contributed by atoms with van der Waals surface area (Å²) >= 11 is 0. The number of nitrogens with one attached hydrogen (secondary N) is 4. The highest BCUT2D eigenvalue weighted by Crippen LogP contribution is 2.24. The van der Waals surface area contributed by atoms with Crippen LogP contribution in [0.15, 0.2) is 53.3 Å². The van der Waals surface area contributed by atoms with Gasteiger partial charge in [-0.25, -0.2) is 14.2 Å². The predicted octanol–water partition coefficient (Wildman–Crippen LogP) is 2.23. The molecular weight excluding hydrogens is 605 g/mol. The van der Waals surface area contributed by atoms with Gasteiger partial charge in [-0.05, 0) is 60.0 Å². The third kappa shape index (κ3) is 7.99. The minimum Gasteiger partial charge on any atom is -0.481 e. The Bertz CT molecular complexity index is 1910. The lowest BCUT2D eigenvalue weighted by molar-refractivity contribution is -0.147. The molecule has 0 spiro atoms. The Labute approximate surface area is 260 Å². The minimum atomic E-state index is -1.81. The number of aromatic nitrogens is 2. The number of esters is 1. The molecule has 0 fully saturated rings. The standard InChI is InChI=1S/C31H30FN5O9/c1-15-34-22-8-5-17-4-3-16(11-20(17)27(22)30(43)35-15)14-33-18-6-7-19(21(32)12-18)28(41)36-23(9-10-26(40)46-2)29(42)37-24(31(44)45)13-25(38)39/h3-8,11-12,23-24,33H,9-10,13-14H2,1-2H3,(H,36,41)(H,37,42)(H,38,39)(H,44,45)(H,34,35,43)/t23-,24-/m0/s1. The van der Waals surface area contributed by atoms with Gasteiger partial charge < -0.3 is 35.9 Å². The molecular formula is C31H30FN5O9. The molecule has 240 valence electrons. The van der Waals surface area contributed by atoms with Crippen LogP contribution in [0.25, 0.3) is 21.7 Å². The Morgan fingerprint density at radius 2 is 1.74 bits per heavy atom. The molecule has 15 heteroatoms. The van der Waals surface area contributed by atoms with E-state index in [4.69, 9.17) is 5.11 Å². The van der Waals surface area contributed by atoms with Gasteiger partial charge in [0.25, 0.3) is 11.5 Å². The van der Waals surface area contributed by atoms with Crippen molar-refractivity contribution in [2.75, 3.05) is 12.4 Å². The number of aromatic amines is 1. The first kappa shape index (κ1) is 33.0. The zero-order chi connectivity index (χ0) is 33.5. The lowest BCUT2D eigenvalue weighted by Gasteiger charge is -2.21. The molecule has 0 unspecified atom stereocenters. The highest BCUT2D eigenvalue weighted by atomic mass is 19.1. The second-order valence-corrected chi connectivity index (χ2v) is 10.4. The van der Waals surface area contributed by atoms with Crippen LogP contribution >= 0.6 is 0 Å². The number of nitrogens with zero attached hydrogens (tertiary/aromatic N) is 1. The fraction of sp³-hybridized carbons (Fsp3) is 0.258. The zero-order valence-electron chi connectivity index (χ0n) is 24.7. The van der Waals surface area contributed by atoms with Crippen LogP contribution in [0, 0.1) is 12.7 Å². The molecule has 46 heavy (non-hydrogen) atoms. The Morgan fingerprint density at radius 3 is 2.41 bits per heavy atom. The molecule has 0 radical (unpaired) electrons. The molecule has 4 aromatic rings. The van der Waals surface area contributed by atoms with Crippen molar-refractivity contribution in [2.24, 2.45) is 0 Å². The van der Waals surface area contributed by atoms with Crippen LogP contribution in [0.1, 0.15) is 41.0 Å². The van der Waals surface area contributed by atoms with E-state index in [1.165, 1.54) is 12.1 Å². The van der Waals surface area contributed by atoms with Gasteiger partial charge in [0, 0.05) is 18.7 Å². The number of anilines is 1. The van der Waals surface area contributed by atoms with E-state index < -0.39 is 59.6 Å². The van der Waals surface area contributed by atoms with Crippen LogP contribution in [0.4, 0.5) is 10.1 Å². The Kier molecular flexibility index (Phi) is 10.3. The van der Waals surface area contributed by atoms with Crippen molar-refractivity contribution >= 4 is 57.1 Å². The van der Waals surface area contributed by atoms with E-state index in [-0.39, 0.29) is 24.9 Å². The Morgan fingerprint density at radius 1 is 1.00 bits per heavy atom. The van der Waals surface area contributed by atoms with Crippen molar-refractivity contribution in [3.8, 4) is 0 Å². The van der Waals surface area contributed by atoms with Crippen LogP contribution < -0.4 is 21.5 Å². The smallest absolute Gasteiger partial charge is 0.326 e. The third-order valence-corrected chi connectivity index (χ3v) is 7.06. The summed E-state index contributed by atoms with van der Waals surface area (Å²) in [5.74, 6) is -6.41. The van der Waals surface area contributed by atoms with Crippen molar-refractivity contribution in [1.29, 1.82) is 0 Å². The maximum absolute atomic E-state index is 15.1. The molecule has 3 aromatic carbocycles. The van der Waals surface area contributed by atoms with Crippen LogP contribution in [0.3, 0.4) is 0 Å². The van der Waals surface area contributed by atoms with E-state index in [1.54, 1.807) is 13.0 Å². The van der Waals surface area contributed by atoms with E-state index in [2.05, 4.69) is 25.3 Å². The number of carboxylic acids is 2. The average Bonchev–Trinajstić information content (AvgIpc) is 3.00. The average molecular weight is 636 g/mol. The summed E-state index contributed by atoms with van der Waals surface area (Å²) in [5.41, 5.74) is 0.952. The summed E-state index contributed by atoms with van der Waals surface area (Å²) in [6, 6.07) is 9.52. The van der Waals surface area contributed by atoms with Gasteiger partial charge in [-0.3, -0.25) is 24.0 Å². The highest BCUT2D eigenvalue weighted by Gasteiger charge is 2.29. The lowest BCUT2D eigenvalue weighted by Crippen LogP contribution is -2.52. The number of aliphatic carboxylic acids is 2. The van der Waals surface area contributed by atoms with Crippen molar-refractivity contribution in [1.82, 2.24) is 20.6 Å². The minimum absolute atomic E-state index is 0.241. The van der Waals surface area contributed by atoms with Crippen LogP contribution in [0.5, 0.6) is 0 Å². The normalized spacial score (nSPS) is 12.2. The van der Waals surface area contributed by atoms with Crippen LogP contribution in [0.2, 0.25) is 0 Å². The number of carboxylic acid groups (broad SMARTS) is 2. The first-order valence-electron chi connectivity index (χ1n) is 13.9. The van der Waals surface area contributed by atoms with Crippen molar-refractivity contribution in [2.45, 2.75) is 44.8 Å². The van der Waals surface area contributed by atoms with E-state index in [0.29, 0.717) is 27.8 Å². The summed E-state index contributed by atoms with van der Waals surface area (Å²) in [5, 5.41) is 27.5. The zero-order valence-corrected chi connectivity index (χ0v) is 24.7. The molecule has 0 saturated heterocycles. The fourth-order valence-electron chi connectivity index (χ4n) is 4.76. The van der Waals surface area contributed by atoms with E-state index in [9.17, 15) is 33.9 Å². The molecule has 2 atom stereocenters. The predicted molar refractivity (Wildman–Crippen MR) is 163 cm³/mol. The van der Waals surface area contributed by atoms with Gasteiger partial charge in [-0.2, -0.15) is 0 Å².